The predicted molar refractivity (Wildman–Crippen MR) is 151 cm³/mol. The number of benzene rings is 1. The highest BCUT2D eigenvalue weighted by Crippen LogP contribution is 2.33. The molecule has 1 amide bonds. The van der Waals surface area contributed by atoms with E-state index in [-0.39, 0.29) is 5.91 Å². The summed E-state index contributed by atoms with van der Waals surface area (Å²) in [6.07, 6.45) is 7.10. The number of imidazole rings is 1. The van der Waals surface area contributed by atoms with Crippen LogP contribution in [0.15, 0.2) is 60.9 Å². The zero-order chi connectivity index (χ0) is 26.9. The largest absolute Gasteiger partial charge is 0.481 e. The van der Waals surface area contributed by atoms with Crippen LogP contribution in [-0.2, 0) is 6.54 Å². The highest BCUT2D eigenvalue weighted by Gasteiger charge is 2.35. The van der Waals surface area contributed by atoms with Crippen molar-refractivity contribution in [2.45, 2.75) is 51.6 Å². The normalized spacial score (nSPS) is 19.8. The minimum absolute atomic E-state index is 0.00649. The number of fused-ring (bicyclic) bond motifs is 6. The molecule has 3 fully saturated rings. The molecular weight excluding hydrogens is 488 g/mol. The van der Waals surface area contributed by atoms with Gasteiger partial charge in [-0.2, -0.15) is 0 Å². The number of hydrogen-bond donors (Lipinski definition) is 0. The third-order valence-electron chi connectivity index (χ3n) is 8.27. The Balaban J connectivity index is 1.24. The second-order valence-electron chi connectivity index (χ2n) is 11.1. The SMILES string of the molecule is COc1cccc(C(=O)N2CCC3CCC(C2)CN3Cc2c(-c3ccc(C(C)C)cc3)nc3ncccn23)n1. The zero-order valence-corrected chi connectivity index (χ0v) is 23.0. The molecule has 3 aromatic heterocycles. The van der Waals surface area contributed by atoms with Crippen LogP contribution < -0.4 is 4.74 Å². The molecule has 7 rings (SSSR count). The number of rotatable bonds is 6. The molecule has 3 aliphatic heterocycles. The van der Waals surface area contributed by atoms with Gasteiger partial charge < -0.3 is 9.64 Å². The molecule has 1 aromatic carbocycles. The number of pyridine rings is 1. The van der Waals surface area contributed by atoms with Crippen molar-refractivity contribution in [3.05, 3.63) is 77.9 Å². The van der Waals surface area contributed by atoms with Crippen LogP contribution in [0.2, 0.25) is 0 Å². The Morgan fingerprint density at radius 3 is 2.67 bits per heavy atom. The first-order valence-electron chi connectivity index (χ1n) is 14.0. The third-order valence-corrected chi connectivity index (χ3v) is 8.27. The Kier molecular flexibility index (Phi) is 7.04. The van der Waals surface area contributed by atoms with Gasteiger partial charge in [-0.25, -0.2) is 15.0 Å². The molecule has 0 spiro atoms. The lowest BCUT2D eigenvalue weighted by molar-refractivity contribution is 0.0335. The lowest BCUT2D eigenvalue weighted by Gasteiger charge is -2.44. The molecule has 8 heteroatoms. The Bertz CT molecular complexity index is 1460. The minimum atomic E-state index is -0.00649. The maximum Gasteiger partial charge on any atom is 0.272 e. The van der Waals surface area contributed by atoms with Gasteiger partial charge in [-0.1, -0.05) is 44.2 Å². The summed E-state index contributed by atoms with van der Waals surface area (Å²) in [5, 5.41) is 0. The van der Waals surface area contributed by atoms with Gasteiger partial charge in [0.25, 0.3) is 5.91 Å². The standard InChI is InChI=1S/C31H36N6O2/c1-21(2)23-9-11-24(12-10-23)29-27(37-16-5-15-32-31(37)34-29)20-36-19-22-8-13-25(36)14-17-35(18-22)30(38)26-6-4-7-28(33-26)39-3/h4-7,9-12,15-16,21-22,25H,8,13-14,17-20H2,1-3H3. The number of carbonyl (C=O) groups excluding carboxylic acids is 1. The van der Waals surface area contributed by atoms with E-state index in [0.717, 1.165) is 62.5 Å². The first-order valence-corrected chi connectivity index (χ1v) is 14.0. The monoisotopic (exact) mass is 524 g/mol. The van der Waals surface area contributed by atoms with E-state index >= 15 is 0 Å². The van der Waals surface area contributed by atoms with Crippen molar-refractivity contribution in [1.29, 1.82) is 0 Å². The average molecular weight is 525 g/mol. The second-order valence-corrected chi connectivity index (χ2v) is 11.1. The van der Waals surface area contributed by atoms with Crippen molar-refractivity contribution in [2.24, 2.45) is 5.92 Å². The Morgan fingerprint density at radius 2 is 1.87 bits per heavy atom. The van der Waals surface area contributed by atoms with Crippen molar-refractivity contribution >= 4 is 11.7 Å². The fraction of sp³-hybridized carbons (Fsp3) is 0.419. The number of nitrogens with zero attached hydrogens (tertiary/aromatic N) is 6. The van der Waals surface area contributed by atoms with E-state index in [9.17, 15) is 4.79 Å². The van der Waals surface area contributed by atoms with E-state index in [1.165, 1.54) is 11.3 Å². The van der Waals surface area contributed by atoms with Gasteiger partial charge in [0, 0.05) is 56.2 Å². The van der Waals surface area contributed by atoms with Crippen LogP contribution in [0.3, 0.4) is 0 Å². The molecule has 4 aromatic rings. The second kappa shape index (κ2) is 10.8. The molecule has 202 valence electrons. The molecule has 3 aliphatic rings. The smallest absolute Gasteiger partial charge is 0.272 e. The van der Waals surface area contributed by atoms with Crippen LogP contribution in [-0.4, -0.2) is 67.8 Å². The van der Waals surface area contributed by atoms with Crippen molar-refractivity contribution in [3.8, 4) is 17.1 Å². The maximum absolute atomic E-state index is 13.3. The number of amides is 1. The zero-order valence-electron chi connectivity index (χ0n) is 23.0. The molecule has 39 heavy (non-hydrogen) atoms. The molecule has 2 bridgehead atoms. The fourth-order valence-electron chi connectivity index (χ4n) is 6.09. The van der Waals surface area contributed by atoms with Crippen LogP contribution in [0.5, 0.6) is 5.88 Å². The molecule has 0 saturated carbocycles. The highest BCUT2D eigenvalue weighted by atomic mass is 16.5. The van der Waals surface area contributed by atoms with Crippen molar-refractivity contribution in [2.75, 3.05) is 26.7 Å². The number of piperidine rings is 1. The number of aromatic nitrogens is 4. The Labute approximate surface area is 229 Å². The molecule has 2 atom stereocenters. The summed E-state index contributed by atoms with van der Waals surface area (Å²) in [5.74, 6) is 2.10. The highest BCUT2D eigenvalue weighted by molar-refractivity contribution is 5.92. The predicted octanol–water partition coefficient (Wildman–Crippen LogP) is 5.05. The lowest BCUT2D eigenvalue weighted by Crippen LogP contribution is -2.51. The van der Waals surface area contributed by atoms with E-state index in [1.807, 2.05) is 17.0 Å². The Morgan fingerprint density at radius 1 is 1.03 bits per heavy atom. The van der Waals surface area contributed by atoms with Crippen molar-refractivity contribution < 1.29 is 9.53 Å². The average Bonchev–Trinajstić information content (AvgIpc) is 3.32. The minimum Gasteiger partial charge on any atom is -0.481 e. The molecule has 0 aliphatic carbocycles. The van der Waals surface area contributed by atoms with Gasteiger partial charge in [0.2, 0.25) is 11.7 Å². The summed E-state index contributed by atoms with van der Waals surface area (Å²) in [6, 6.07) is 16.6. The molecule has 8 nitrogen and oxygen atoms in total. The fourth-order valence-corrected chi connectivity index (χ4v) is 6.09. The van der Waals surface area contributed by atoms with Gasteiger partial charge >= 0.3 is 0 Å². The van der Waals surface area contributed by atoms with E-state index in [4.69, 9.17) is 9.72 Å². The van der Waals surface area contributed by atoms with Crippen LogP contribution in [0.4, 0.5) is 0 Å². The first-order chi connectivity index (χ1) is 19.0. The maximum atomic E-state index is 13.3. The van der Waals surface area contributed by atoms with Gasteiger partial charge in [0.15, 0.2) is 0 Å². The molecule has 0 N–H and O–H groups in total. The number of carbonyl (C=O) groups is 1. The van der Waals surface area contributed by atoms with Crippen LogP contribution in [0.25, 0.3) is 17.0 Å². The lowest BCUT2D eigenvalue weighted by atomic mass is 9.88. The number of ether oxygens (including phenoxy) is 1. The third kappa shape index (κ3) is 5.13. The molecular formula is C31H36N6O2. The quantitative estimate of drug-likeness (QED) is 0.351. The molecule has 0 radical (unpaired) electrons. The summed E-state index contributed by atoms with van der Waals surface area (Å²) in [7, 11) is 1.58. The summed E-state index contributed by atoms with van der Waals surface area (Å²) in [6.45, 7) is 7.68. The summed E-state index contributed by atoms with van der Waals surface area (Å²) >= 11 is 0. The number of methoxy groups -OCH3 is 1. The summed E-state index contributed by atoms with van der Waals surface area (Å²) in [4.78, 5) is 31.9. The summed E-state index contributed by atoms with van der Waals surface area (Å²) < 4.78 is 7.38. The molecule has 2 unspecified atom stereocenters. The van der Waals surface area contributed by atoms with Gasteiger partial charge in [0.1, 0.15) is 5.69 Å². The van der Waals surface area contributed by atoms with Crippen molar-refractivity contribution in [3.63, 3.8) is 0 Å². The van der Waals surface area contributed by atoms with Gasteiger partial charge in [-0.15, -0.1) is 0 Å². The molecule has 6 heterocycles. The van der Waals surface area contributed by atoms with Crippen LogP contribution in [0, 0.1) is 5.92 Å². The van der Waals surface area contributed by atoms with Gasteiger partial charge in [0.05, 0.1) is 18.5 Å². The summed E-state index contributed by atoms with van der Waals surface area (Å²) in [5.41, 5.74) is 5.08. The van der Waals surface area contributed by atoms with E-state index in [0.29, 0.717) is 29.5 Å². The number of hydrogen-bond acceptors (Lipinski definition) is 6. The van der Waals surface area contributed by atoms with Crippen molar-refractivity contribution in [1.82, 2.24) is 29.2 Å². The van der Waals surface area contributed by atoms with Gasteiger partial charge in [-0.3, -0.25) is 14.1 Å². The topological polar surface area (TPSA) is 75.9 Å². The molecule has 3 saturated heterocycles. The van der Waals surface area contributed by atoms with E-state index < -0.39 is 0 Å². The van der Waals surface area contributed by atoms with Crippen LogP contribution >= 0.6 is 0 Å². The van der Waals surface area contributed by atoms with E-state index in [2.05, 4.69) is 63.6 Å². The van der Waals surface area contributed by atoms with Gasteiger partial charge in [-0.05, 0) is 48.8 Å². The first kappa shape index (κ1) is 25.5. The Hall–Kier alpha value is -3.78. The van der Waals surface area contributed by atoms with E-state index in [1.54, 1.807) is 25.4 Å². The van der Waals surface area contributed by atoms with Crippen LogP contribution in [0.1, 0.15) is 60.8 Å².